The van der Waals surface area contributed by atoms with Crippen molar-refractivity contribution in [1.29, 1.82) is 0 Å². The number of aliphatic hydroxyl groups excluding tert-OH is 1. The molecule has 0 radical (unpaired) electrons. The van der Waals surface area contributed by atoms with Gasteiger partial charge in [0.1, 0.15) is 43.2 Å². The van der Waals surface area contributed by atoms with Crippen LogP contribution in [0.4, 0.5) is 0 Å². The largest absolute Gasteiger partial charge is 0.464 e. The lowest BCUT2D eigenvalue weighted by atomic mass is 9.44. The topological polar surface area (TPSA) is 263 Å². The number of unbranched alkanes of at least 4 members (excludes halogenated alkanes) is 19. The van der Waals surface area contributed by atoms with Crippen molar-refractivity contribution in [2.75, 3.05) is 26.4 Å². The first kappa shape index (κ1) is 72.6. The zero-order valence-corrected chi connectivity index (χ0v) is 55.1. The molecular weight excluding hydrogens is 1180 g/mol. The Kier molecular flexibility index (Phi) is 27.1. The summed E-state index contributed by atoms with van der Waals surface area (Å²) in [7, 11) is 0. The number of hydrogen-bond donors (Lipinski definition) is 3. The van der Waals surface area contributed by atoms with Gasteiger partial charge in [0, 0.05) is 37.7 Å². The van der Waals surface area contributed by atoms with E-state index in [1.807, 2.05) is 0 Å². The average molecular weight is 1280 g/mol. The van der Waals surface area contributed by atoms with Crippen molar-refractivity contribution in [3.8, 4) is 0 Å². The molecule has 0 aromatic heterocycles. The van der Waals surface area contributed by atoms with Crippen LogP contribution >= 0.6 is 0 Å². The zero-order chi connectivity index (χ0) is 66.5. The first-order valence-electron chi connectivity index (χ1n) is 33.5. The summed E-state index contributed by atoms with van der Waals surface area (Å²) in [6, 6.07) is 22.5. The normalized spacial score (nSPS) is 25.2. The fourth-order valence-electron chi connectivity index (χ4n) is 14.3. The van der Waals surface area contributed by atoms with Crippen LogP contribution in [0, 0.1) is 16.7 Å². The van der Waals surface area contributed by atoms with Crippen molar-refractivity contribution < 1.29 is 86.5 Å². The number of carbonyl (C=O) groups is 8. The summed E-state index contributed by atoms with van der Waals surface area (Å²) in [4.78, 5) is 114. The van der Waals surface area contributed by atoms with Crippen molar-refractivity contribution in [2.24, 2.45) is 16.7 Å². The Balaban J connectivity index is 1.07. The second-order valence-electron chi connectivity index (χ2n) is 26.3. The van der Waals surface area contributed by atoms with Crippen molar-refractivity contribution in [1.82, 2.24) is 5.32 Å². The lowest BCUT2D eigenvalue weighted by molar-refractivity contribution is -0.346. The number of esters is 6. The van der Waals surface area contributed by atoms with Gasteiger partial charge in [-0.15, -0.1) is 0 Å². The van der Waals surface area contributed by atoms with Gasteiger partial charge in [0.05, 0.1) is 36.2 Å². The molecule has 2 bridgehead atoms. The maximum Gasteiger partial charge on any atom is 0.350 e. The molecule has 3 N–H and O–H groups in total. The minimum Gasteiger partial charge on any atom is -0.464 e. The molecule has 4 aliphatic rings. The summed E-state index contributed by atoms with van der Waals surface area (Å²) in [5.41, 5.74) is -7.72. The van der Waals surface area contributed by atoms with E-state index in [1.165, 1.54) is 141 Å². The Hall–Kier alpha value is -6.80. The molecule has 3 aromatic rings. The van der Waals surface area contributed by atoms with Crippen LogP contribution in [-0.2, 0) is 66.7 Å². The van der Waals surface area contributed by atoms with Gasteiger partial charge in [-0.05, 0) is 61.2 Å². The Morgan fingerprint density at radius 2 is 1.16 bits per heavy atom. The van der Waals surface area contributed by atoms with Gasteiger partial charge in [-0.25, -0.2) is 19.2 Å². The number of benzene rings is 3. The van der Waals surface area contributed by atoms with E-state index in [4.69, 9.17) is 37.9 Å². The molecule has 1 aliphatic heterocycles. The average Bonchev–Trinajstić information content (AvgIpc) is 0.671. The van der Waals surface area contributed by atoms with E-state index in [0.29, 0.717) is 6.42 Å². The Bertz CT molecular complexity index is 2970. The third-order valence-corrected chi connectivity index (χ3v) is 19.4. The highest BCUT2D eigenvalue weighted by atomic mass is 16.6. The summed E-state index contributed by atoms with van der Waals surface area (Å²) in [6.07, 6.45) is 13.7. The lowest BCUT2D eigenvalue weighted by Gasteiger charge is -2.67. The highest BCUT2D eigenvalue weighted by molar-refractivity contribution is 5.96. The van der Waals surface area contributed by atoms with Crippen molar-refractivity contribution in [3.63, 3.8) is 0 Å². The van der Waals surface area contributed by atoms with Crippen LogP contribution in [0.25, 0.3) is 0 Å². The van der Waals surface area contributed by atoms with Crippen LogP contribution < -0.4 is 5.32 Å². The molecule has 504 valence electrons. The molecule has 19 nitrogen and oxygen atoms in total. The predicted octanol–water partition coefficient (Wildman–Crippen LogP) is 11.7. The molecule has 3 aromatic carbocycles. The Labute approximate surface area is 542 Å². The minimum atomic E-state index is -2.51. The van der Waals surface area contributed by atoms with E-state index in [1.54, 1.807) is 80.6 Å². The quantitative estimate of drug-likeness (QED) is 0.0211. The molecule has 92 heavy (non-hydrogen) atoms. The standard InChI is InChI=1S/C73H99NO18/c1-8-9-10-11-12-13-14-15-16-17-18-19-20-21-22-23-24-25-26-36-43-86-58(78)46-85-47-59(79)90-63(61(52-37-30-27-31-38-52)74-67(81)53-39-32-28-33-40-53)69(83)89-55-45-73(84)66(91-68(82)54-41-34-29-35-42-54)64-71(7,56(77)44-57-72(64,48-87-57)92-51(4)76)65(80)62(88-50(3)75)60(49(55)2)70(73,5)6/h27-35,37-42,55-57,61-64,66,77,84H,8-26,36,43-48H2,1-7H3,(H,74,81)/t55-,56-,57+,61-,62+,63+,64?,66-,71+,72-,73+/m0/s1. The van der Waals surface area contributed by atoms with Gasteiger partial charge in [-0.1, -0.05) is 209 Å². The summed E-state index contributed by atoms with van der Waals surface area (Å²) in [6.45, 7) is 8.77. The number of Topliss-reactive ketones (excluding diaryl/α,β-unsaturated/α-hetero) is 1. The van der Waals surface area contributed by atoms with E-state index < -0.39 is 138 Å². The SMILES string of the molecule is CCCCCCCCCCCCCCCCCCCCCCOC(=O)COCC(=O)O[C@@H](C(=O)O[C@H]1C[C@@]2(O)[C@@H](OC(=O)c3ccccc3)C3[C@](C)(C(=O)[C@H](OC(C)=O)C(=C1C)C2(C)C)[C@@H](O)C[C@H]1OC[C@@]31OC(C)=O)[C@@H](NC(=O)c1ccccc1)c1ccccc1. The number of ketones is 1. The van der Waals surface area contributed by atoms with Crippen molar-refractivity contribution in [2.45, 2.75) is 244 Å². The maximum absolute atomic E-state index is 15.9. The number of ether oxygens (including phenoxy) is 8. The maximum atomic E-state index is 15.9. The van der Waals surface area contributed by atoms with Crippen LogP contribution in [0.1, 0.15) is 222 Å². The van der Waals surface area contributed by atoms with E-state index in [-0.39, 0.29) is 47.5 Å². The van der Waals surface area contributed by atoms with Gasteiger partial charge in [0.15, 0.2) is 17.5 Å². The van der Waals surface area contributed by atoms with E-state index in [0.717, 1.165) is 33.1 Å². The van der Waals surface area contributed by atoms with Crippen LogP contribution in [0.2, 0.25) is 0 Å². The molecule has 1 amide bonds. The number of nitrogens with one attached hydrogen (secondary N) is 1. The van der Waals surface area contributed by atoms with E-state index in [2.05, 4.69) is 12.2 Å². The summed E-state index contributed by atoms with van der Waals surface area (Å²) in [5.74, 6) is -9.10. The second-order valence-corrected chi connectivity index (χ2v) is 26.3. The number of amides is 1. The van der Waals surface area contributed by atoms with Crippen LogP contribution in [-0.4, -0.2) is 132 Å². The molecule has 19 heteroatoms. The van der Waals surface area contributed by atoms with E-state index in [9.17, 15) is 39.0 Å². The lowest BCUT2D eigenvalue weighted by Crippen LogP contribution is -2.82. The molecule has 11 atom stereocenters. The summed E-state index contributed by atoms with van der Waals surface area (Å²) in [5, 5.41) is 29.2. The first-order valence-corrected chi connectivity index (χ1v) is 33.5. The van der Waals surface area contributed by atoms with Gasteiger partial charge in [-0.3, -0.25) is 19.2 Å². The molecule has 2 saturated carbocycles. The Morgan fingerprint density at radius 3 is 1.67 bits per heavy atom. The Morgan fingerprint density at radius 1 is 0.652 bits per heavy atom. The molecule has 0 spiro atoms. The van der Waals surface area contributed by atoms with Gasteiger partial charge in [0.25, 0.3) is 5.91 Å². The fraction of sp³-hybridized carbons (Fsp3) is 0.616. The first-order chi connectivity index (χ1) is 44.1. The molecule has 3 fully saturated rings. The number of fused-ring (bicyclic) bond motifs is 5. The summed E-state index contributed by atoms with van der Waals surface area (Å²) < 4.78 is 47.9. The number of aliphatic hydroxyl groups is 2. The molecule has 3 aliphatic carbocycles. The van der Waals surface area contributed by atoms with Crippen molar-refractivity contribution >= 4 is 47.5 Å². The molecule has 7 rings (SSSR count). The third kappa shape index (κ3) is 17.9. The number of rotatable bonds is 36. The van der Waals surface area contributed by atoms with Gasteiger partial charge >= 0.3 is 35.8 Å². The van der Waals surface area contributed by atoms with Crippen LogP contribution in [0.3, 0.4) is 0 Å². The van der Waals surface area contributed by atoms with Gasteiger partial charge in [0.2, 0.25) is 6.10 Å². The summed E-state index contributed by atoms with van der Waals surface area (Å²) >= 11 is 0. The van der Waals surface area contributed by atoms with Gasteiger partial charge < -0.3 is 53.4 Å². The van der Waals surface area contributed by atoms with E-state index >= 15 is 9.59 Å². The fourth-order valence-corrected chi connectivity index (χ4v) is 14.3. The van der Waals surface area contributed by atoms with Crippen molar-refractivity contribution in [3.05, 3.63) is 119 Å². The monoisotopic (exact) mass is 1280 g/mol. The third-order valence-electron chi connectivity index (χ3n) is 19.4. The second kappa shape index (κ2) is 34.4. The smallest absolute Gasteiger partial charge is 0.350 e. The number of carbonyl (C=O) groups excluding carboxylic acids is 8. The highest BCUT2D eigenvalue weighted by Gasteiger charge is 2.78. The zero-order valence-electron chi connectivity index (χ0n) is 55.1. The minimum absolute atomic E-state index is 0.0306. The highest BCUT2D eigenvalue weighted by Crippen LogP contribution is 2.64. The van der Waals surface area contributed by atoms with Gasteiger partial charge in [-0.2, -0.15) is 0 Å². The number of hydrogen-bond acceptors (Lipinski definition) is 18. The predicted molar refractivity (Wildman–Crippen MR) is 341 cm³/mol. The van der Waals surface area contributed by atoms with Crippen LogP contribution in [0.15, 0.2) is 102 Å². The molecule has 1 saturated heterocycles. The molecule has 1 unspecified atom stereocenters. The van der Waals surface area contributed by atoms with Crippen LogP contribution in [0.5, 0.6) is 0 Å². The molecular formula is C73H99NO18. The molecule has 1 heterocycles.